The van der Waals surface area contributed by atoms with E-state index in [4.69, 9.17) is 0 Å². The Morgan fingerprint density at radius 3 is 2.74 bits per heavy atom. The average Bonchev–Trinajstić information content (AvgIpc) is 3.05. The smallest absolute Gasteiger partial charge is 0.270 e. The summed E-state index contributed by atoms with van der Waals surface area (Å²) in [4.78, 5) is 20.9. The maximum Gasteiger partial charge on any atom is 0.270 e. The molecule has 1 fully saturated rings. The van der Waals surface area contributed by atoms with Crippen LogP contribution in [0, 0.1) is 13.8 Å². The summed E-state index contributed by atoms with van der Waals surface area (Å²) >= 11 is 0. The van der Waals surface area contributed by atoms with Gasteiger partial charge in [-0.3, -0.25) is 4.79 Å². The van der Waals surface area contributed by atoms with Gasteiger partial charge in [-0.15, -0.1) is 0 Å². The Balaban J connectivity index is 1.74. The van der Waals surface area contributed by atoms with Gasteiger partial charge in [0.05, 0.1) is 0 Å². The number of nitrogens with zero attached hydrogens (tertiary/aromatic N) is 2. The van der Waals surface area contributed by atoms with Crippen molar-refractivity contribution in [3.05, 3.63) is 47.3 Å². The molecule has 0 radical (unpaired) electrons. The summed E-state index contributed by atoms with van der Waals surface area (Å²) in [5, 5.41) is 6.25. The Morgan fingerprint density at radius 2 is 1.96 bits per heavy atom. The number of carbonyl (C=O) groups is 1. The highest BCUT2D eigenvalue weighted by Crippen LogP contribution is 2.21. The summed E-state index contributed by atoms with van der Waals surface area (Å²) in [5.74, 6) is 0.320. The molecule has 120 valence electrons. The first-order chi connectivity index (χ1) is 11.1. The number of nitrogens with one attached hydrogen (secondary N) is 2. The maximum atomic E-state index is 12.3. The van der Waals surface area contributed by atoms with Gasteiger partial charge < -0.3 is 10.6 Å². The van der Waals surface area contributed by atoms with E-state index in [0.29, 0.717) is 11.6 Å². The zero-order valence-electron chi connectivity index (χ0n) is 13.6. The quantitative estimate of drug-likeness (QED) is 0.907. The molecule has 0 bridgehead atoms. The van der Waals surface area contributed by atoms with Crippen LogP contribution in [-0.4, -0.2) is 21.9 Å². The predicted octanol–water partition coefficient (Wildman–Crippen LogP) is 3.51. The molecule has 0 atom stereocenters. The van der Waals surface area contributed by atoms with Crippen molar-refractivity contribution in [2.45, 2.75) is 45.6 Å². The Hall–Kier alpha value is -2.43. The van der Waals surface area contributed by atoms with Crippen LogP contribution < -0.4 is 10.6 Å². The number of hydrogen-bond acceptors (Lipinski definition) is 4. The SMILES string of the molecule is Cc1cccc(Nc2nccc(C(=O)NC3CCCC3)n2)c1C. The highest BCUT2D eigenvalue weighted by molar-refractivity contribution is 5.92. The number of benzene rings is 1. The van der Waals surface area contributed by atoms with Crippen molar-refractivity contribution in [2.24, 2.45) is 0 Å². The lowest BCUT2D eigenvalue weighted by molar-refractivity contribution is 0.0933. The fourth-order valence-corrected chi connectivity index (χ4v) is 2.88. The van der Waals surface area contributed by atoms with E-state index in [-0.39, 0.29) is 11.9 Å². The number of amides is 1. The van der Waals surface area contributed by atoms with Crippen LogP contribution in [0.25, 0.3) is 0 Å². The van der Waals surface area contributed by atoms with E-state index in [0.717, 1.165) is 24.1 Å². The first-order valence-corrected chi connectivity index (χ1v) is 8.10. The third-order valence-electron chi connectivity index (χ3n) is 4.43. The molecule has 0 aliphatic heterocycles. The number of rotatable bonds is 4. The molecule has 1 aromatic heterocycles. The van der Waals surface area contributed by atoms with Crippen LogP contribution in [0.3, 0.4) is 0 Å². The zero-order valence-corrected chi connectivity index (χ0v) is 13.6. The van der Waals surface area contributed by atoms with Crippen molar-refractivity contribution in [3.63, 3.8) is 0 Å². The van der Waals surface area contributed by atoms with Crippen LogP contribution in [-0.2, 0) is 0 Å². The van der Waals surface area contributed by atoms with Gasteiger partial charge in [-0.05, 0) is 49.9 Å². The van der Waals surface area contributed by atoms with Crippen molar-refractivity contribution in [1.82, 2.24) is 15.3 Å². The molecule has 2 N–H and O–H groups in total. The summed E-state index contributed by atoms with van der Waals surface area (Å²) in [5.41, 5.74) is 3.71. The lowest BCUT2D eigenvalue weighted by Gasteiger charge is -2.13. The van der Waals surface area contributed by atoms with Gasteiger partial charge in [0.25, 0.3) is 5.91 Å². The van der Waals surface area contributed by atoms with E-state index in [1.807, 2.05) is 19.1 Å². The first-order valence-electron chi connectivity index (χ1n) is 8.10. The monoisotopic (exact) mass is 310 g/mol. The van der Waals surface area contributed by atoms with Gasteiger partial charge in [0.15, 0.2) is 0 Å². The minimum Gasteiger partial charge on any atom is -0.348 e. The van der Waals surface area contributed by atoms with Crippen molar-refractivity contribution in [1.29, 1.82) is 0 Å². The van der Waals surface area contributed by atoms with E-state index in [2.05, 4.69) is 33.6 Å². The lowest BCUT2D eigenvalue weighted by Crippen LogP contribution is -2.33. The highest BCUT2D eigenvalue weighted by atomic mass is 16.1. The van der Waals surface area contributed by atoms with Gasteiger partial charge in [-0.1, -0.05) is 25.0 Å². The fraction of sp³-hybridized carbons (Fsp3) is 0.389. The topological polar surface area (TPSA) is 66.9 Å². The predicted molar refractivity (Wildman–Crippen MR) is 91.0 cm³/mol. The zero-order chi connectivity index (χ0) is 16.2. The minimum atomic E-state index is -0.122. The molecule has 1 aliphatic carbocycles. The van der Waals surface area contributed by atoms with Gasteiger partial charge in [-0.25, -0.2) is 9.97 Å². The van der Waals surface area contributed by atoms with Crippen molar-refractivity contribution in [3.8, 4) is 0 Å². The molecule has 0 saturated heterocycles. The highest BCUT2D eigenvalue weighted by Gasteiger charge is 2.19. The molecule has 5 heteroatoms. The fourth-order valence-electron chi connectivity index (χ4n) is 2.88. The third-order valence-corrected chi connectivity index (χ3v) is 4.43. The van der Waals surface area contributed by atoms with Gasteiger partial charge >= 0.3 is 0 Å². The minimum absolute atomic E-state index is 0.122. The molecule has 1 amide bonds. The first kappa shape index (κ1) is 15.5. The second-order valence-electron chi connectivity index (χ2n) is 6.09. The third kappa shape index (κ3) is 3.67. The largest absolute Gasteiger partial charge is 0.348 e. The van der Waals surface area contributed by atoms with Crippen LogP contribution >= 0.6 is 0 Å². The molecule has 1 saturated carbocycles. The summed E-state index contributed by atoms with van der Waals surface area (Å²) in [7, 11) is 0. The molecule has 2 aromatic rings. The van der Waals surface area contributed by atoms with Crippen molar-refractivity contribution in [2.75, 3.05) is 5.32 Å². The second kappa shape index (κ2) is 6.77. The standard InChI is InChI=1S/C18H22N4O/c1-12-6-5-9-15(13(12)2)21-18-19-11-10-16(22-18)17(23)20-14-7-3-4-8-14/h5-6,9-11,14H,3-4,7-8H2,1-2H3,(H,20,23)(H,19,21,22). The Morgan fingerprint density at radius 1 is 1.17 bits per heavy atom. The van der Waals surface area contributed by atoms with Crippen LogP contribution in [0.5, 0.6) is 0 Å². The van der Waals surface area contributed by atoms with E-state index < -0.39 is 0 Å². The molecule has 1 aliphatic rings. The molecule has 5 nitrogen and oxygen atoms in total. The summed E-state index contributed by atoms with van der Waals surface area (Å²) in [6, 6.07) is 7.97. The number of hydrogen-bond donors (Lipinski definition) is 2. The van der Waals surface area contributed by atoms with E-state index >= 15 is 0 Å². The molecule has 1 heterocycles. The molecule has 1 aromatic carbocycles. The van der Waals surface area contributed by atoms with E-state index in [1.54, 1.807) is 12.3 Å². The number of aryl methyl sites for hydroxylation is 1. The maximum absolute atomic E-state index is 12.3. The van der Waals surface area contributed by atoms with Crippen LogP contribution in [0.4, 0.5) is 11.6 Å². The molecule has 0 spiro atoms. The van der Waals surface area contributed by atoms with E-state index in [1.165, 1.54) is 18.4 Å². The van der Waals surface area contributed by atoms with Crippen LogP contribution in [0.1, 0.15) is 47.3 Å². The molecule has 3 rings (SSSR count). The van der Waals surface area contributed by atoms with Gasteiger partial charge in [0.1, 0.15) is 5.69 Å². The summed E-state index contributed by atoms with van der Waals surface area (Å²) < 4.78 is 0. The number of aromatic nitrogens is 2. The Kier molecular flexibility index (Phi) is 4.55. The van der Waals surface area contributed by atoms with E-state index in [9.17, 15) is 4.79 Å². The number of anilines is 2. The Labute approximate surface area is 136 Å². The molecular formula is C18H22N4O. The van der Waals surface area contributed by atoms with Crippen LogP contribution in [0.15, 0.2) is 30.5 Å². The number of carbonyl (C=O) groups excluding carboxylic acids is 1. The average molecular weight is 310 g/mol. The molecular weight excluding hydrogens is 288 g/mol. The van der Waals surface area contributed by atoms with Gasteiger partial charge in [0.2, 0.25) is 5.95 Å². The molecule has 0 unspecified atom stereocenters. The van der Waals surface area contributed by atoms with Crippen molar-refractivity contribution < 1.29 is 4.79 Å². The Bertz CT molecular complexity index is 708. The normalized spacial score (nSPS) is 14.7. The van der Waals surface area contributed by atoms with Gasteiger partial charge in [0, 0.05) is 17.9 Å². The molecule has 23 heavy (non-hydrogen) atoms. The summed E-state index contributed by atoms with van der Waals surface area (Å²) in [6.45, 7) is 4.11. The van der Waals surface area contributed by atoms with Crippen LogP contribution in [0.2, 0.25) is 0 Å². The lowest BCUT2D eigenvalue weighted by atomic mass is 10.1. The second-order valence-corrected chi connectivity index (χ2v) is 6.09. The summed E-state index contributed by atoms with van der Waals surface area (Å²) in [6.07, 6.45) is 6.11. The van der Waals surface area contributed by atoms with Gasteiger partial charge in [-0.2, -0.15) is 0 Å². The van der Waals surface area contributed by atoms with Crippen molar-refractivity contribution >= 4 is 17.5 Å².